The van der Waals surface area contributed by atoms with Gasteiger partial charge in [0.05, 0.1) is 0 Å². The quantitative estimate of drug-likeness (QED) is 0.408. The number of thioether (sulfide) groups is 1. The molecule has 0 radical (unpaired) electrons. The second kappa shape index (κ2) is 9.29. The number of carboxylic acid groups (broad SMARTS) is 1. The summed E-state index contributed by atoms with van der Waals surface area (Å²) in [4.78, 5) is 31.9. The zero-order chi connectivity index (χ0) is 17.4. The fourth-order valence-electron chi connectivity index (χ4n) is 2.21. The summed E-state index contributed by atoms with van der Waals surface area (Å²) in [7, 11) is 0. The normalized spacial score (nSPS) is 11.8. The minimum Gasteiger partial charge on any atom is -0.480 e. The predicted octanol–water partition coefficient (Wildman–Crippen LogP) is 2.28. The van der Waals surface area contributed by atoms with E-state index in [1.54, 1.807) is 6.08 Å². The minimum atomic E-state index is -1.03. The lowest BCUT2D eigenvalue weighted by molar-refractivity contribution is -0.142. The number of allylic oxidation sites excluding steroid dienone is 1. The molecule has 0 aliphatic carbocycles. The molecule has 23 heavy (non-hydrogen) atoms. The summed E-state index contributed by atoms with van der Waals surface area (Å²) in [6.07, 6.45) is 5.14. The summed E-state index contributed by atoms with van der Waals surface area (Å²) in [5.74, 6) is -1.31. The number of aryl methyl sites for hydroxylation is 2. The van der Waals surface area contributed by atoms with Crippen LogP contribution >= 0.6 is 11.8 Å². The van der Waals surface area contributed by atoms with Gasteiger partial charge in [0.2, 0.25) is 5.91 Å². The molecule has 1 heterocycles. The Balaban J connectivity index is 2.65. The lowest BCUT2D eigenvalue weighted by atomic mass is 10.1. The highest BCUT2D eigenvalue weighted by Gasteiger charge is 2.19. The van der Waals surface area contributed by atoms with Crippen molar-refractivity contribution in [3.8, 4) is 0 Å². The van der Waals surface area contributed by atoms with Gasteiger partial charge in [0.15, 0.2) is 5.16 Å². The van der Waals surface area contributed by atoms with Gasteiger partial charge in [0.1, 0.15) is 6.04 Å². The summed E-state index contributed by atoms with van der Waals surface area (Å²) in [6, 6.07) is -0.877. The third kappa shape index (κ3) is 6.02. The van der Waals surface area contributed by atoms with E-state index in [0.29, 0.717) is 24.4 Å². The van der Waals surface area contributed by atoms with E-state index in [4.69, 9.17) is 5.11 Å². The highest BCUT2D eigenvalue weighted by molar-refractivity contribution is 7.98. The highest BCUT2D eigenvalue weighted by Crippen LogP contribution is 2.17. The van der Waals surface area contributed by atoms with Gasteiger partial charge in [-0.25, -0.2) is 14.8 Å². The van der Waals surface area contributed by atoms with E-state index in [-0.39, 0.29) is 12.3 Å². The molecule has 1 aromatic heterocycles. The van der Waals surface area contributed by atoms with E-state index >= 15 is 0 Å². The fraction of sp³-hybridized carbons (Fsp3) is 0.500. The number of nitrogens with zero attached hydrogens (tertiary/aromatic N) is 2. The van der Waals surface area contributed by atoms with Crippen LogP contribution in [-0.2, 0) is 16.0 Å². The van der Waals surface area contributed by atoms with Crippen molar-refractivity contribution in [3.05, 3.63) is 29.6 Å². The molecule has 1 amide bonds. The molecule has 6 nitrogen and oxygen atoms in total. The number of hydrogen-bond acceptors (Lipinski definition) is 5. The van der Waals surface area contributed by atoms with E-state index in [2.05, 4.69) is 21.9 Å². The molecule has 1 unspecified atom stereocenters. The molecule has 2 N–H and O–H groups in total. The van der Waals surface area contributed by atoms with Gasteiger partial charge < -0.3 is 10.4 Å². The van der Waals surface area contributed by atoms with Gasteiger partial charge in [0, 0.05) is 17.8 Å². The molecule has 0 aliphatic rings. The van der Waals surface area contributed by atoms with Crippen molar-refractivity contribution >= 4 is 23.6 Å². The van der Waals surface area contributed by atoms with Gasteiger partial charge >= 0.3 is 5.97 Å². The molecule has 0 spiro atoms. The van der Waals surface area contributed by atoms with Gasteiger partial charge in [-0.15, -0.1) is 6.58 Å². The van der Waals surface area contributed by atoms with Crippen molar-refractivity contribution in [1.29, 1.82) is 0 Å². The Hall–Kier alpha value is -1.89. The SMILES string of the molecule is C=CCCC(NC(=O)CCc1c(C)nc(SC)nc1C)C(=O)O. The summed E-state index contributed by atoms with van der Waals surface area (Å²) >= 11 is 1.47. The number of rotatable bonds is 9. The first kappa shape index (κ1) is 19.2. The molecule has 7 heteroatoms. The maximum Gasteiger partial charge on any atom is 0.326 e. The Bertz CT molecular complexity index is 567. The van der Waals surface area contributed by atoms with Gasteiger partial charge in [-0.3, -0.25) is 4.79 Å². The standard InChI is InChI=1S/C16H23N3O3S/c1-5-6-7-13(15(21)22)19-14(20)9-8-12-10(2)17-16(23-4)18-11(12)3/h5,13H,1,6-9H2,2-4H3,(H,19,20)(H,21,22). The Kier molecular flexibility index (Phi) is 7.74. The molecule has 0 bridgehead atoms. The van der Waals surface area contributed by atoms with Crippen LogP contribution in [0.25, 0.3) is 0 Å². The molecule has 1 atom stereocenters. The molecule has 126 valence electrons. The molecule has 0 aliphatic heterocycles. The van der Waals surface area contributed by atoms with Crippen LogP contribution in [0, 0.1) is 13.8 Å². The summed E-state index contributed by atoms with van der Waals surface area (Å²) < 4.78 is 0. The van der Waals surface area contributed by atoms with Crippen LogP contribution in [0.5, 0.6) is 0 Å². The zero-order valence-electron chi connectivity index (χ0n) is 13.8. The highest BCUT2D eigenvalue weighted by atomic mass is 32.2. The van der Waals surface area contributed by atoms with E-state index in [1.165, 1.54) is 11.8 Å². The van der Waals surface area contributed by atoms with Crippen molar-refractivity contribution in [1.82, 2.24) is 15.3 Å². The molecule has 0 fully saturated rings. The summed E-state index contributed by atoms with van der Waals surface area (Å²) in [6.45, 7) is 7.35. The molecule has 0 aromatic carbocycles. The summed E-state index contributed by atoms with van der Waals surface area (Å²) in [5.41, 5.74) is 2.66. The molecule has 0 saturated carbocycles. The Morgan fingerprint density at radius 2 is 1.96 bits per heavy atom. The van der Waals surface area contributed by atoms with Crippen molar-refractivity contribution in [3.63, 3.8) is 0 Å². The predicted molar refractivity (Wildman–Crippen MR) is 90.6 cm³/mol. The van der Waals surface area contributed by atoms with Crippen LogP contribution < -0.4 is 5.32 Å². The number of carbonyl (C=O) groups is 2. The Morgan fingerprint density at radius 3 is 2.43 bits per heavy atom. The van der Waals surface area contributed by atoms with Crippen molar-refractivity contribution < 1.29 is 14.7 Å². The average Bonchev–Trinajstić information content (AvgIpc) is 2.49. The van der Waals surface area contributed by atoms with E-state index in [1.807, 2.05) is 20.1 Å². The third-order valence-corrected chi connectivity index (χ3v) is 4.03. The number of amides is 1. The first-order valence-corrected chi connectivity index (χ1v) is 8.62. The first-order valence-electron chi connectivity index (χ1n) is 7.40. The monoisotopic (exact) mass is 337 g/mol. The molecular formula is C16H23N3O3S. The largest absolute Gasteiger partial charge is 0.480 e. The molecule has 0 saturated heterocycles. The Labute approximate surface area is 140 Å². The summed E-state index contributed by atoms with van der Waals surface area (Å²) in [5, 5.41) is 12.4. The van der Waals surface area contributed by atoms with E-state index in [9.17, 15) is 9.59 Å². The molecular weight excluding hydrogens is 314 g/mol. The smallest absolute Gasteiger partial charge is 0.326 e. The molecule has 1 rings (SSSR count). The van der Waals surface area contributed by atoms with Crippen LogP contribution in [0.4, 0.5) is 0 Å². The van der Waals surface area contributed by atoms with Gasteiger partial charge in [-0.1, -0.05) is 17.8 Å². The van der Waals surface area contributed by atoms with E-state index in [0.717, 1.165) is 17.0 Å². The van der Waals surface area contributed by atoms with Crippen molar-refractivity contribution in [2.75, 3.05) is 6.26 Å². The minimum absolute atomic E-state index is 0.210. The molecule has 1 aromatic rings. The van der Waals surface area contributed by atoms with Crippen LogP contribution in [-0.4, -0.2) is 39.2 Å². The third-order valence-electron chi connectivity index (χ3n) is 3.48. The van der Waals surface area contributed by atoms with Gasteiger partial charge in [-0.2, -0.15) is 0 Å². The van der Waals surface area contributed by atoms with E-state index < -0.39 is 12.0 Å². The maximum atomic E-state index is 12.0. The lowest BCUT2D eigenvalue weighted by Gasteiger charge is -2.14. The van der Waals surface area contributed by atoms with Crippen molar-refractivity contribution in [2.45, 2.75) is 50.7 Å². The number of nitrogens with one attached hydrogen (secondary N) is 1. The Morgan fingerprint density at radius 1 is 1.35 bits per heavy atom. The van der Waals surface area contributed by atoms with Crippen LogP contribution in [0.1, 0.15) is 36.2 Å². The number of carbonyl (C=O) groups excluding carboxylic acids is 1. The van der Waals surface area contributed by atoms with Crippen molar-refractivity contribution in [2.24, 2.45) is 0 Å². The van der Waals surface area contributed by atoms with Crippen LogP contribution in [0.3, 0.4) is 0 Å². The first-order chi connectivity index (χ1) is 10.9. The maximum absolute atomic E-state index is 12.0. The average molecular weight is 337 g/mol. The van der Waals surface area contributed by atoms with Crippen LogP contribution in [0.2, 0.25) is 0 Å². The zero-order valence-corrected chi connectivity index (χ0v) is 14.6. The lowest BCUT2D eigenvalue weighted by Crippen LogP contribution is -2.40. The number of aromatic nitrogens is 2. The van der Waals surface area contributed by atoms with Crippen LogP contribution in [0.15, 0.2) is 17.8 Å². The van der Waals surface area contributed by atoms with Gasteiger partial charge in [0.25, 0.3) is 0 Å². The number of carboxylic acids is 1. The number of hydrogen-bond donors (Lipinski definition) is 2. The number of aliphatic carboxylic acids is 1. The topological polar surface area (TPSA) is 92.2 Å². The van der Waals surface area contributed by atoms with Gasteiger partial charge in [-0.05, 0) is 44.9 Å². The second-order valence-electron chi connectivity index (χ2n) is 5.18. The fourth-order valence-corrected chi connectivity index (χ4v) is 2.67. The second-order valence-corrected chi connectivity index (χ2v) is 5.96.